The summed E-state index contributed by atoms with van der Waals surface area (Å²) in [5.41, 5.74) is -0.0592. The number of nitrogens with one attached hydrogen (secondary N) is 1. The Bertz CT molecular complexity index is 829. The molecule has 25 heavy (non-hydrogen) atoms. The number of thiophene rings is 1. The average molecular weight is 380 g/mol. The van der Waals surface area contributed by atoms with Crippen molar-refractivity contribution in [3.05, 3.63) is 21.8 Å². The molecule has 2 aromatic heterocycles. The van der Waals surface area contributed by atoms with Crippen molar-refractivity contribution in [2.24, 2.45) is 18.9 Å². The summed E-state index contributed by atoms with van der Waals surface area (Å²) in [6, 6.07) is 2.04. The first-order valence-electron chi connectivity index (χ1n) is 8.79. The minimum atomic E-state index is -0.292. The van der Waals surface area contributed by atoms with Crippen molar-refractivity contribution >= 4 is 39.2 Å². The standard InChI is InChI=1S/C18H25N3O2S2/c1-10-6-5-7-14(11(10)2)19-15(22)12(3)25-18-20-16-13(8-9-24-16)17(23)21(18)4/h8-12,14H,5-7H2,1-4H3,(H,19,22). The summed E-state index contributed by atoms with van der Waals surface area (Å²) in [7, 11) is 1.71. The van der Waals surface area contributed by atoms with Crippen LogP contribution in [0.5, 0.6) is 0 Å². The maximum Gasteiger partial charge on any atom is 0.262 e. The molecule has 1 aliphatic rings. The average Bonchev–Trinajstić information content (AvgIpc) is 3.05. The van der Waals surface area contributed by atoms with Crippen LogP contribution in [0.2, 0.25) is 0 Å². The normalized spacial score (nSPS) is 25.0. The van der Waals surface area contributed by atoms with Gasteiger partial charge in [0.2, 0.25) is 5.91 Å². The van der Waals surface area contributed by atoms with Crippen molar-refractivity contribution in [1.29, 1.82) is 0 Å². The lowest BCUT2D eigenvalue weighted by atomic mass is 9.78. The van der Waals surface area contributed by atoms with Crippen LogP contribution in [-0.4, -0.2) is 26.8 Å². The number of carbonyl (C=O) groups excluding carboxylic acids is 1. The number of nitrogens with zero attached hydrogens (tertiary/aromatic N) is 2. The van der Waals surface area contributed by atoms with Gasteiger partial charge in [0.1, 0.15) is 4.83 Å². The fourth-order valence-electron chi connectivity index (χ4n) is 3.38. The molecule has 7 heteroatoms. The molecule has 136 valence electrons. The van der Waals surface area contributed by atoms with Gasteiger partial charge in [-0.25, -0.2) is 4.98 Å². The Balaban J connectivity index is 1.71. The first-order chi connectivity index (χ1) is 11.9. The molecule has 0 aromatic carbocycles. The van der Waals surface area contributed by atoms with Crippen LogP contribution in [0.15, 0.2) is 21.4 Å². The van der Waals surface area contributed by atoms with Crippen LogP contribution >= 0.6 is 23.1 Å². The number of carbonyl (C=O) groups is 1. The van der Waals surface area contributed by atoms with Gasteiger partial charge >= 0.3 is 0 Å². The van der Waals surface area contributed by atoms with Gasteiger partial charge in [0.15, 0.2) is 5.16 Å². The first-order valence-corrected chi connectivity index (χ1v) is 10.6. The summed E-state index contributed by atoms with van der Waals surface area (Å²) in [5, 5.41) is 6.02. The highest BCUT2D eigenvalue weighted by atomic mass is 32.2. The van der Waals surface area contributed by atoms with Gasteiger partial charge in [0.05, 0.1) is 10.6 Å². The molecule has 1 aliphatic carbocycles. The van der Waals surface area contributed by atoms with E-state index >= 15 is 0 Å². The molecule has 4 atom stereocenters. The zero-order chi connectivity index (χ0) is 18.1. The van der Waals surface area contributed by atoms with E-state index in [1.807, 2.05) is 12.3 Å². The van der Waals surface area contributed by atoms with Crippen LogP contribution in [0.1, 0.15) is 40.0 Å². The number of amides is 1. The maximum absolute atomic E-state index is 12.6. The molecule has 5 nitrogen and oxygen atoms in total. The van der Waals surface area contributed by atoms with Gasteiger partial charge in [-0.15, -0.1) is 11.3 Å². The summed E-state index contributed by atoms with van der Waals surface area (Å²) >= 11 is 2.80. The largest absolute Gasteiger partial charge is 0.352 e. The minimum absolute atomic E-state index is 0.0245. The minimum Gasteiger partial charge on any atom is -0.352 e. The molecule has 3 rings (SSSR count). The topological polar surface area (TPSA) is 64.0 Å². The van der Waals surface area contributed by atoms with Gasteiger partial charge < -0.3 is 5.32 Å². The molecule has 0 bridgehead atoms. The van der Waals surface area contributed by atoms with Gasteiger partial charge in [-0.05, 0) is 36.6 Å². The molecule has 0 radical (unpaired) electrons. The van der Waals surface area contributed by atoms with Crippen LogP contribution in [0, 0.1) is 11.8 Å². The Morgan fingerprint density at radius 3 is 2.96 bits per heavy atom. The lowest BCUT2D eigenvalue weighted by Gasteiger charge is -2.35. The molecule has 2 heterocycles. The second kappa shape index (κ2) is 7.50. The third-order valence-corrected chi connectivity index (χ3v) is 7.30. The first kappa shape index (κ1) is 18.5. The van der Waals surface area contributed by atoms with Crippen LogP contribution in [-0.2, 0) is 11.8 Å². The molecule has 1 N–H and O–H groups in total. The van der Waals surface area contributed by atoms with Crippen molar-refractivity contribution in [3.8, 4) is 0 Å². The number of hydrogen-bond acceptors (Lipinski definition) is 5. The summed E-state index contributed by atoms with van der Waals surface area (Å²) in [6.45, 7) is 6.36. The zero-order valence-electron chi connectivity index (χ0n) is 15.1. The Morgan fingerprint density at radius 2 is 2.20 bits per heavy atom. The predicted octanol–water partition coefficient (Wildman–Crippen LogP) is 3.42. The number of aromatic nitrogens is 2. The summed E-state index contributed by atoms with van der Waals surface area (Å²) in [6.07, 6.45) is 3.46. The highest BCUT2D eigenvalue weighted by molar-refractivity contribution is 8.00. The SMILES string of the molecule is CC(Sc1nc2sccc2c(=O)n1C)C(=O)NC1CCCC(C)C1C. The molecule has 0 aliphatic heterocycles. The summed E-state index contributed by atoms with van der Waals surface area (Å²) in [5.74, 6) is 1.17. The van der Waals surface area contributed by atoms with E-state index in [4.69, 9.17) is 0 Å². The highest BCUT2D eigenvalue weighted by Crippen LogP contribution is 2.30. The molecule has 0 spiro atoms. The summed E-state index contributed by atoms with van der Waals surface area (Å²) in [4.78, 5) is 30.3. The van der Waals surface area contributed by atoms with Gasteiger partial charge in [-0.2, -0.15) is 0 Å². The molecular weight excluding hydrogens is 354 g/mol. The van der Waals surface area contributed by atoms with E-state index in [9.17, 15) is 9.59 Å². The predicted molar refractivity (Wildman–Crippen MR) is 104 cm³/mol. The van der Waals surface area contributed by atoms with Crippen LogP contribution in [0.4, 0.5) is 0 Å². The van der Waals surface area contributed by atoms with E-state index in [1.54, 1.807) is 13.1 Å². The lowest BCUT2D eigenvalue weighted by Crippen LogP contribution is -2.46. The molecule has 1 fully saturated rings. The Morgan fingerprint density at radius 1 is 1.44 bits per heavy atom. The quantitative estimate of drug-likeness (QED) is 0.653. The smallest absolute Gasteiger partial charge is 0.262 e. The molecule has 2 aromatic rings. The Labute approximate surface area is 156 Å². The van der Waals surface area contributed by atoms with Crippen LogP contribution < -0.4 is 10.9 Å². The fraction of sp³-hybridized carbons (Fsp3) is 0.611. The summed E-state index contributed by atoms with van der Waals surface area (Å²) < 4.78 is 1.54. The lowest BCUT2D eigenvalue weighted by molar-refractivity contribution is -0.121. The van der Waals surface area contributed by atoms with Crippen molar-refractivity contribution in [2.45, 2.75) is 56.5 Å². The van der Waals surface area contributed by atoms with Crippen molar-refractivity contribution < 1.29 is 4.79 Å². The van der Waals surface area contributed by atoms with E-state index in [1.165, 1.54) is 40.5 Å². The van der Waals surface area contributed by atoms with E-state index in [-0.39, 0.29) is 22.8 Å². The zero-order valence-corrected chi connectivity index (χ0v) is 16.7. The fourth-order valence-corrected chi connectivity index (χ4v) is 5.07. The van der Waals surface area contributed by atoms with Crippen LogP contribution in [0.25, 0.3) is 10.2 Å². The van der Waals surface area contributed by atoms with E-state index < -0.39 is 0 Å². The number of fused-ring (bicyclic) bond motifs is 1. The van der Waals surface area contributed by atoms with Gasteiger partial charge in [0.25, 0.3) is 5.56 Å². The van der Waals surface area contributed by atoms with Crippen molar-refractivity contribution in [1.82, 2.24) is 14.9 Å². The number of thioether (sulfide) groups is 1. The number of hydrogen-bond donors (Lipinski definition) is 1. The third kappa shape index (κ3) is 3.77. The Hall–Kier alpha value is -1.34. The maximum atomic E-state index is 12.6. The Kier molecular flexibility index (Phi) is 5.53. The van der Waals surface area contributed by atoms with Gasteiger partial charge in [-0.3, -0.25) is 14.2 Å². The van der Waals surface area contributed by atoms with E-state index in [2.05, 4.69) is 24.1 Å². The second-order valence-electron chi connectivity index (χ2n) is 7.04. The van der Waals surface area contributed by atoms with Gasteiger partial charge in [0, 0.05) is 13.1 Å². The number of rotatable bonds is 4. The molecule has 0 saturated heterocycles. The molecular formula is C18H25N3O2S2. The van der Waals surface area contributed by atoms with Gasteiger partial charge in [-0.1, -0.05) is 38.5 Å². The van der Waals surface area contributed by atoms with Crippen molar-refractivity contribution in [3.63, 3.8) is 0 Å². The van der Waals surface area contributed by atoms with Crippen molar-refractivity contribution in [2.75, 3.05) is 0 Å². The van der Waals surface area contributed by atoms with E-state index in [0.717, 1.165) is 11.3 Å². The monoisotopic (exact) mass is 379 g/mol. The molecule has 4 unspecified atom stereocenters. The second-order valence-corrected chi connectivity index (χ2v) is 9.24. The highest BCUT2D eigenvalue weighted by Gasteiger charge is 2.29. The van der Waals surface area contributed by atoms with E-state index in [0.29, 0.717) is 22.4 Å². The third-order valence-electron chi connectivity index (χ3n) is 5.35. The van der Waals surface area contributed by atoms with Crippen LogP contribution in [0.3, 0.4) is 0 Å². The molecule has 1 saturated carbocycles. The molecule has 1 amide bonds.